The number of carbonyl (C=O) groups excluding carboxylic acids is 1. The minimum atomic E-state index is -0.688. The second-order valence-electron chi connectivity index (χ2n) is 6.10. The highest BCUT2D eigenvalue weighted by atomic mass is 32.2. The van der Waals surface area contributed by atoms with Crippen molar-refractivity contribution in [1.82, 2.24) is 5.32 Å². The summed E-state index contributed by atoms with van der Waals surface area (Å²) in [5.74, 6) is 0.628. The van der Waals surface area contributed by atoms with Gasteiger partial charge in [0.25, 0.3) is 0 Å². The van der Waals surface area contributed by atoms with Crippen molar-refractivity contribution in [3.8, 4) is 6.07 Å². The average Bonchev–Trinajstić information content (AvgIpc) is 2.81. The Morgan fingerprint density at radius 1 is 1.26 bits per heavy atom. The summed E-state index contributed by atoms with van der Waals surface area (Å²) in [6.07, 6.45) is 5.17. The van der Waals surface area contributed by atoms with Gasteiger partial charge in [-0.05, 0) is 18.4 Å². The molecular formula is C18H24N2O2S. The molecular weight excluding hydrogens is 308 g/mol. The third-order valence-corrected chi connectivity index (χ3v) is 5.26. The first kappa shape index (κ1) is 17.8. The molecule has 2 N–H and O–H groups in total. The van der Waals surface area contributed by atoms with Gasteiger partial charge in [0, 0.05) is 5.75 Å². The van der Waals surface area contributed by atoms with Gasteiger partial charge in [0.05, 0.1) is 17.9 Å². The first-order valence-electron chi connectivity index (χ1n) is 8.18. The molecule has 0 aromatic heterocycles. The van der Waals surface area contributed by atoms with E-state index in [1.54, 1.807) is 0 Å². The van der Waals surface area contributed by atoms with Crippen LogP contribution in [0.25, 0.3) is 0 Å². The molecule has 0 saturated heterocycles. The summed E-state index contributed by atoms with van der Waals surface area (Å²) in [6, 6.07) is 11.8. The predicted octanol–water partition coefficient (Wildman–Crippen LogP) is 3.19. The number of aliphatic hydroxyl groups excluding tert-OH is 1. The van der Waals surface area contributed by atoms with Gasteiger partial charge in [-0.15, -0.1) is 11.8 Å². The van der Waals surface area contributed by atoms with Crippen molar-refractivity contribution in [2.24, 2.45) is 0 Å². The maximum Gasteiger partial charge on any atom is 0.231 e. The average molecular weight is 332 g/mol. The van der Waals surface area contributed by atoms with E-state index in [2.05, 4.69) is 11.4 Å². The fourth-order valence-electron chi connectivity index (χ4n) is 2.93. The van der Waals surface area contributed by atoms with E-state index in [1.165, 1.54) is 11.8 Å². The third-order valence-electron chi connectivity index (χ3n) is 4.24. The van der Waals surface area contributed by atoms with Crippen LogP contribution in [-0.4, -0.2) is 28.1 Å². The van der Waals surface area contributed by atoms with Gasteiger partial charge in [0.1, 0.15) is 5.54 Å². The second kappa shape index (κ2) is 8.95. The van der Waals surface area contributed by atoms with E-state index in [1.807, 2.05) is 30.3 Å². The van der Waals surface area contributed by atoms with Crippen molar-refractivity contribution >= 4 is 17.7 Å². The van der Waals surface area contributed by atoms with E-state index in [4.69, 9.17) is 0 Å². The standard InChI is InChI=1S/C18H24N2O2S/c19-14-18(10-6-1-2-7-11-18)20-17(22)13-23-12-16(21)15-8-4-3-5-9-15/h3-5,8-9,16,21H,1-2,6-7,10-13H2,(H,20,22). The fourth-order valence-corrected chi connectivity index (χ4v) is 3.73. The summed E-state index contributed by atoms with van der Waals surface area (Å²) in [5, 5.41) is 22.5. The largest absolute Gasteiger partial charge is 0.388 e. The Morgan fingerprint density at radius 2 is 1.91 bits per heavy atom. The number of amides is 1. The SMILES string of the molecule is N#CC1(NC(=O)CSCC(O)c2ccccc2)CCCCCC1. The topological polar surface area (TPSA) is 73.1 Å². The molecule has 1 atom stereocenters. The number of hydrogen-bond donors (Lipinski definition) is 2. The van der Waals surface area contributed by atoms with E-state index >= 15 is 0 Å². The lowest BCUT2D eigenvalue weighted by Crippen LogP contribution is -2.47. The molecule has 1 amide bonds. The molecule has 1 saturated carbocycles. The Labute approximate surface area is 142 Å². The van der Waals surface area contributed by atoms with Gasteiger partial charge in [0.15, 0.2) is 0 Å². The van der Waals surface area contributed by atoms with Crippen molar-refractivity contribution in [1.29, 1.82) is 5.26 Å². The molecule has 1 aromatic rings. The molecule has 5 heteroatoms. The zero-order valence-corrected chi connectivity index (χ0v) is 14.1. The summed E-state index contributed by atoms with van der Waals surface area (Å²) in [7, 11) is 0. The number of hydrogen-bond acceptors (Lipinski definition) is 4. The van der Waals surface area contributed by atoms with Gasteiger partial charge >= 0.3 is 0 Å². The zero-order chi connectivity index (χ0) is 16.5. The Bertz CT molecular complexity index is 534. The maximum atomic E-state index is 12.1. The minimum Gasteiger partial charge on any atom is -0.388 e. The molecule has 0 aliphatic heterocycles. The van der Waals surface area contributed by atoms with Crippen molar-refractivity contribution < 1.29 is 9.90 Å². The number of nitrogens with zero attached hydrogens (tertiary/aromatic N) is 1. The van der Waals surface area contributed by atoms with Gasteiger partial charge in [-0.1, -0.05) is 56.0 Å². The van der Waals surface area contributed by atoms with Crippen molar-refractivity contribution in [3.05, 3.63) is 35.9 Å². The number of rotatable bonds is 6. The lowest BCUT2D eigenvalue weighted by atomic mass is 9.92. The van der Waals surface area contributed by atoms with E-state index in [-0.39, 0.29) is 11.7 Å². The molecule has 1 aromatic carbocycles. The van der Waals surface area contributed by atoms with Crippen LogP contribution < -0.4 is 5.32 Å². The Balaban J connectivity index is 1.77. The molecule has 0 radical (unpaired) electrons. The summed E-state index contributed by atoms with van der Waals surface area (Å²) in [4.78, 5) is 12.1. The van der Waals surface area contributed by atoms with Crippen LogP contribution in [0.15, 0.2) is 30.3 Å². The zero-order valence-electron chi connectivity index (χ0n) is 13.3. The Morgan fingerprint density at radius 3 is 2.52 bits per heavy atom. The van der Waals surface area contributed by atoms with Gasteiger partial charge in [-0.25, -0.2) is 0 Å². The van der Waals surface area contributed by atoms with Crippen LogP contribution in [0.5, 0.6) is 0 Å². The number of thioether (sulfide) groups is 1. The van der Waals surface area contributed by atoms with Crippen LogP contribution in [-0.2, 0) is 4.79 Å². The molecule has 0 bridgehead atoms. The van der Waals surface area contributed by atoms with E-state index in [0.717, 1.165) is 44.1 Å². The molecule has 1 aliphatic carbocycles. The summed E-state index contributed by atoms with van der Waals surface area (Å²) < 4.78 is 0. The molecule has 23 heavy (non-hydrogen) atoms. The lowest BCUT2D eigenvalue weighted by Gasteiger charge is -2.26. The Kier molecular flexibility index (Phi) is 6.94. The predicted molar refractivity (Wildman–Crippen MR) is 92.9 cm³/mol. The highest BCUT2D eigenvalue weighted by Crippen LogP contribution is 2.27. The number of nitriles is 1. The highest BCUT2D eigenvalue weighted by Gasteiger charge is 2.32. The molecule has 1 fully saturated rings. The minimum absolute atomic E-state index is 0.112. The summed E-state index contributed by atoms with van der Waals surface area (Å²) in [6.45, 7) is 0. The smallest absolute Gasteiger partial charge is 0.231 e. The first-order valence-corrected chi connectivity index (χ1v) is 9.34. The van der Waals surface area contributed by atoms with Gasteiger partial charge in [-0.2, -0.15) is 5.26 Å². The van der Waals surface area contributed by atoms with Crippen molar-refractivity contribution in [3.63, 3.8) is 0 Å². The van der Waals surface area contributed by atoms with Crippen LogP contribution in [0, 0.1) is 11.3 Å². The fraction of sp³-hybridized carbons (Fsp3) is 0.556. The quantitative estimate of drug-likeness (QED) is 0.785. The third kappa shape index (κ3) is 5.56. The number of carbonyl (C=O) groups is 1. The van der Waals surface area contributed by atoms with Crippen LogP contribution in [0.3, 0.4) is 0 Å². The Hall–Kier alpha value is -1.51. The molecule has 1 unspecified atom stereocenters. The number of aliphatic hydroxyl groups is 1. The van der Waals surface area contributed by atoms with E-state index < -0.39 is 11.6 Å². The molecule has 124 valence electrons. The van der Waals surface area contributed by atoms with E-state index in [9.17, 15) is 15.2 Å². The monoisotopic (exact) mass is 332 g/mol. The van der Waals surface area contributed by atoms with Crippen LogP contribution >= 0.6 is 11.8 Å². The second-order valence-corrected chi connectivity index (χ2v) is 7.13. The van der Waals surface area contributed by atoms with Gasteiger partial charge in [-0.3, -0.25) is 4.79 Å². The molecule has 1 aliphatic rings. The molecule has 4 nitrogen and oxygen atoms in total. The van der Waals surface area contributed by atoms with Crippen LogP contribution in [0.2, 0.25) is 0 Å². The first-order chi connectivity index (χ1) is 11.2. The van der Waals surface area contributed by atoms with Crippen molar-refractivity contribution in [2.75, 3.05) is 11.5 Å². The van der Waals surface area contributed by atoms with Gasteiger partial charge < -0.3 is 10.4 Å². The molecule has 0 spiro atoms. The maximum absolute atomic E-state index is 12.1. The number of benzene rings is 1. The lowest BCUT2D eigenvalue weighted by molar-refractivity contribution is -0.120. The van der Waals surface area contributed by atoms with Gasteiger partial charge in [0.2, 0.25) is 5.91 Å². The van der Waals surface area contributed by atoms with Crippen LogP contribution in [0.4, 0.5) is 0 Å². The number of nitrogens with one attached hydrogen (secondary N) is 1. The molecule has 0 heterocycles. The normalized spacial score (nSPS) is 18.4. The van der Waals surface area contributed by atoms with Crippen molar-refractivity contribution in [2.45, 2.75) is 50.2 Å². The van der Waals surface area contributed by atoms with E-state index in [0.29, 0.717) is 5.75 Å². The summed E-state index contributed by atoms with van der Waals surface area (Å²) >= 11 is 1.40. The summed E-state index contributed by atoms with van der Waals surface area (Å²) in [5.41, 5.74) is 0.171. The highest BCUT2D eigenvalue weighted by molar-refractivity contribution is 7.99. The molecule has 2 rings (SSSR count). The van der Waals surface area contributed by atoms with Crippen LogP contribution in [0.1, 0.15) is 50.2 Å².